The molecule has 3 nitrogen and oxygen atoms in total. The summed E-state index contributed by atoms with van der Waals surface area (Å²) >= 11 is 0. The summed E-state index contributed by atoms with van der Waals surface area (Å²) in [7, 11) is 0. The molecule has 138 valence electrons. The first kappa shape index (κ1) is 16.5. The van der Waals surface area contributed by atoms with Gasteiger partial charge >= 0.3 is 0 Å². The molecule has 1 aromatic carbocycles. The van der Waals surface area contributed by atoms with Crippen LogP contribution in [0.3, 0.4) is 0 Å². The lowest BCUT2D eigenvalue weighted by molar-refractivity contribution is -0.00127. The van der Waals surface area contributed by atoms with Crippen LogP contribution < -0.4 is 0 Å². The molecule has 0 N–H and O–H groups in total. The van der Waals surface area contributed by atoms with Crippen molar-refractivity contribution >= 4 is 0 Å². The van der Waals surface area contributed by atoms with Crippen LogP contribution in [0.4, 0.5) is 4.39 Å². The van der Waals surface area contributed by atoms with Crippen LogP contribution in [0, 0.1) is 24.6 Å². The number of nitrogens with zero attached hydrogens (tertiary/aromatic N) is 1. The molecule has 2 bridgehead atoms. The van der Waals surface area contributed by atoms with Crippen LogP contribution in [-0.2, 0) is 11.3 Å². The molecule has 5 rings (SSSR count). The van der Waals surface area contributed by atoms with Crippen LogP contribution in [0.2, 0.25) is 0 Å². The highest BCUT2D eigenvalue weighted by Gasteiger charge is 2.36. The molecule has 3 fully saturated rings. The molecule has 3 aliphatic rings. The minimum atomic E-state index is -0.238. The zero-order chi connectivity index (χ0) is 17.7. The molecule has 0 amide bonds. The average molecular weight is 355 g/mol. The lowest BCUT2D eigenvalue weighted by atomic mass is 9.87. The molecule has 26 heavy (non-hydrogen) atoms. The summed E-state index contributed by atoms with van der Waals surface area (Å²) in [5.74, 6) is 2.80. The summed E-state index contributed by atoms with van der Waals surface area (Å²) in [5.41, 5.74) is 3.06. The first-order valence-electron chi connectivity index (χ1n) is 10.0. The van der Waals surface area contributed by atoms with E-state index in [1.54, 1.807) is 6.07 Å². The second-order valence-corrected chi connectivity index (χ2v) is 8.53. The van der Waals surface area contributed by atoms with E-state index in [-0.39, 0.29) is 5.82 Å². The van der Waals surface area contributed by atoms with Crippen LogP contribution in [-0.4, -0.2) is 11.3 Å². The van der Waals surface area contributed by atoms with Crippen LogP contribution in [0.1, 0.15) is 67.8 Å². The van der Waals surface area contributed by atoms with Gasteiger partial charge in [-0.3, -0.25) is 0 Å². The first-order chi connectivity index (χ1) is 12.7. The summed E-state index contributed by atoms with van der Waals surface area (Å²) in [5, 5.41) is 4.28. The van der Waals surface area contributed by atoms with Crippen molar-refractivity contribution in [1.29, 1.82) is 0 Å². The highest BCUT2D eigenvalue weighted by molar-refractivity contribution is 5.68. The normalized spacial score (nSPS) is 27.8. The van der Waals surface area contributed by atoms with Gasteiger partial charge in [-0.2, -0.15) is 0 Å². The fourth-order valence-electron chi connectivity index (χ4n) is 5.04. The van der Waals surface area contributed by atoms with E-state index >= 15 is 0 Å². The quantitative estimate of drug-likeness (QED) is 0.684. The first-order valence-corrected chi connectivity index (χ1v) is 10.0. The molecule has 3 aliphatic carbocycles. The molecule has 0 spiro atoms. The van der Waals surface area contributed by atoms with Crippen molar-refractivity contribution < 1.29 is 13.7 Å². The minimum absolute atomic E-state index is 0.238. The predicted molar refractivity (Wildman–Crippen MR) is 97.3 cm³/mol. The Morgan fingerprint density at radius 3 is 2.58 bits per heavy atom. The number of aryl methyl sites for hydroxylation is 1. The highest BCUT2D eigenvalue weighted by Crippen LogP contribution is 2.46. The van der Waals surface area contributed by atoms with Crippen LogP contribution >= 0.6 is 0 Å². The lowest BCUT2D eigenvalue weighted by Crippen LogP contribution is -2.23. The molecule has 0 aliphatic heterocycles. The van der Waals surface area contributed by atoms with Gasteiger partial charge in [-0.15, -0.1) is 0 Å². The zero-order valence-electron chi connectivity index (χ0n) is 15.3. The van der Waals surface area contributed by atoms with E-state index in [0.717, 1.165) is 41.6 Å². The molecule has 1 unspecified atom stereocenters. The van der Waals surface area contributed by atoms with Gasteiger partial charge < -0.3 is 9.26 Å². The standard InChI is InChI=1S/C22H26FNO2/c1-13-3-2-4-19(23)20(13)21-18(22(26-24-21)16-7-8-16)12-25-17-10-14-5-6-15(9-14)11-17/h2-4,14-17H,5-12H2,1H3/t14-,15?,17-/m0/s1. The molecule has 0 saturated heterocycles. The molecule has 4 heteroatoms. The van der Waals surface area contributed by atoms with Crippen molar-refractivity contribution in [3.05, 3.63) is 40.9 Å². The Morgan fingerprint density at radius 1 is 1.12 bits per heavy atom. The number of ether oxygens (including phenoxy) is 1. The maximum atomic E-state index is 14.5. The second kappa shape index (κ2) is 6.49. The van der Waals surface area contributed by atoms with E-state index < -0.39 is 0 Å². The van der Waals surface area contributed by atoms with Gasteiger partial charge in [-0.1, -0.05) is 30.1 Å². The molecule has 2 aromatic rings. The van der Waals surface area contributed by atoms with E-state index in [9.17, 15) is 4.39 Å². The van der Waals surface area contributed by atoms with Crippen LogP contribution in [0.25, 0.3) is 11.3 Å². The SMILES string of the molecule is Cc1cccc(F)c1-c1noc(C2CC2)c1CO[C@@H]1CC2CC[C@@H](C2)C1. The third-order valence-corrected chi connectivity index (χ3v) is 6.53. The van der Waals surface area contributed by atoms with Crippen molar-refractivity contribution in [2.45, 2.75) is 70.5 Å². The number of hydrogen-bond donors (Lipinski definition) is 0. The van der Waals surface area contributed by atoms with Gasteiger partial charge in [-0.05, 0) is 62.5 Å². The van der Waals surface area contributed by atoms with Crippen molar-refractivity contribution in [3.63, 3.8) is 0 Å². The molecule has 0 radical (unpaired) electrons. The number of aromatic nitrogens is 1. The van der Waals surface area contributed by atoms with Crippen LogP contribution in [0.15, 0.2) is 22.7 Å². The number of benzene rings is 1. The van der Waals surface area contributed by atoms with Crippen molar-refractivity contribution in [2.75, 3.05) is 0 Å². The van der Waals surface area contributed by atoms with Crippen molar-refractivity contribution in [2.24, 2.45) is 11.8 Å². The Bertz CT molecular complexity index is 778. The summed E-state index contributed by atoms with van der Waals surface area (Å²) < 4.78 is 26.6. The average Bonchev–Trinajstić information content (AvgIpc) is 3.30. The topological polar surface area (TPSA) is 35.3 Å². The number of rotatable bonds is 5. The predicted octanol–water partition coefficient (Wildman–Crippen LogP) is 5.76. The number of halogens is 1. The van der Waals surface area contributed by atoms with Gasteiger partial charge in [0.2, 0.25) is 0 Å². The smallest absolute Gasteiger partial charge is 0.145 e. The Kier molecular flexibility index (Phi) is 4.11. The molecule has 1 aromatic heterocycles. The highest BCUT2D eigenvalue weighted by atomic mass is 19.1. The number of fused-ring (bicyclic) bond motifs is 2. The van der Waals surface area contributed by atoms with Gasteiger partial charge in [0.25, 0.3) is 0 Å². The van der Waals surface area contributed by atoms with Crippen molar-refractivity contribution in [3.8, 4) is 11.3 Å². The molecule has 3 saturated carbocycles. The summed E-state index contributed by atoms with van der Waals surface area (Å²) in [4.78, 5) is 0. The van der Waals surface area contributed by atoms with E-state index in [1.807, 2.05) is 13.0 Å². The largest absolute Gasteiger partial charge is 0.373 e. The summed E-state index contributed by atoms with van der Waals surface area (Å²) in [6, 6.07) is 5.16. The monoisotopic (exact) mass is 355 g/mol. The Labute approximate surface area is 153 Å². The maximum Gasteiger partial charge on any atom is 0.145 e. The summed E-state index contributed by atoms with van der Waals surface area (Å²) in [6.07, 6.45) is 9.06. The van der Waals surface area contributed by atoms with Crippen LogP contribution in [0.5, 0.6) is 0 Å². The van der Waals surface area contributed by atoms with E-state index in [2.05, 4.69) is 5.16 Å². The van der Waals surface area contributed by atoms with Gasteiger partial charge in [0, 0.05) is 17.0 Å². The Hall–Kier alpha value is -1.68. The maximum absolute atomic E-state index is 14.5. The van der Waals surface area contributed by atoms with Gasteiger partial charge in [-0.25, -0.2) is 4.39 Å². The van der Waals surface area contributed by atoms with Gasteiger partial charge in [0.1, 0.15) is 17.3 Å². The zero-order valence-corrected chi connectivity index (χ0v) is 15.3. The van der Waals surface area contributed by atoms with E-state index in [1.165, 1.54) is 38.2 Å². The van der Waals surface area contributed by atoms with Gasteiger partial charge in [0.15, 0.2) is 0 Å². The number of hydrogen-bond acceptors (Lipinski definition) is 3. The Balaban J connectivity index is 1.42. The third kappa shape index (κ3) is 2.98. The van der Waals surface area contributed by atoms with E-state index in [4.69, 9.17) is 9.26 Å². The minimum Gasteiger partial charge on any atom is -0.373 e. The molecule has 1 heterocycles. The Morgan fingerprint density at radius 2 is 1.88 bits per heavy atom. The fraction of sp³-hybridized carbons (Fsp3) is 0.591. The lowest BCUT2D eigenvalue weighted by Gasteiger charge is -2.27. The second-order valence-electron chi connectivity index (χ2n) is 8.53. The van der Waals surface area contributed by atoms with Gasteiger partial charge in [0.05, 0.1) is 12.7 Å². The van der Waals surface area contributed by atoms with E-state index in [0.29, 0.717) is 29.9 Å². The van der Waals surface area contributed by atoms with Crippen molar-refractivity contribution in [1.82, 2.24) is 5.16 Å². The molecular weight excluding hydrogens is 329 g/mol. The fourth-order valence-corrected chi connectivity index (χ4v) is 5.04. The summed E-state index contributed by atoms with van der Waals surface area (Å²) in [6.45, 7) is 2.41. The molecule has 3 atom stereocenters. The third-order valence-electron chi connectivity index (χ3n) is 6.53. The molecular formula is C22H26FNO2.